The number of carbonyl (C=O) groups is 2. The summed E-state index contributed by atoms with van der Waals surface area (Å²) in [6.45, 7) is 4.39. The minimum absolute atomic E-state index is 0. The van der Waals surface area contributed by atoms with Gasteiger partial charge in [-0.25, -0.2) is 8.42 Å². The first kappa shape index (κ1) is 36.5. The number of carbonyl (C=O) groups excluding carboxylic acids is 2. The summed E-state index contributed by atoms with van der Waals surface area (Å²) in [5.74, 6) is -0.563. The molecule has 0 unspecified atom stereocenters. The van der Waals surface area contributed by atoms with Crippen molar-refractivity contribution in [3.05, 3.63) is 21.9 Å². The van der Waals surface area contributed by atoms with Crippen molar-refractivity contribution in [3.8, 4) is 0 Å². The average molecular weight is 573 g/mol. The van der Waals surface area contributed by atoms with Crippen LogP contribution in [0.5, 0.6) is 0 Å². The normalized spacial score (nSPS) is 11.4. The van der Waals surface area contributed by atoms with Gasteiger partial charge >= 0.3 is 41.5 Å². The van der Waals surface area contributed by atoms with E-state index < -0.39 is 16.5 Å². The first-order chi connectivity index (χ1) is 17.2. The molecule has 0 aliphatic carbocycles. The monoisotopic (exact) mass is 572 g/mol. The summed E-state index contributed by atoms with van der Waals surface area (Å²) < 4.78 is 52.4. The largest absolute Gasteiger partial charge is 1.00 e. The molecule has 37 heavy (non-hydrogen) atoms. The van der Waals surface area contributed by atoms with E-state index in [1.807, 2.05) is 12.1 Å². The summed E-state index contributed by atoms with van der Waals surface area (Å²) in [5.41, 5.74) is 0. The van der Waals surface area contributed by atoms with Gasteiger partial charge in [0, 0.05) is 35.4 Å². The molecule has 208 valence electrons. The van der Waals surface area contributed by atoms with Gasteiger partial charge in [0.25, 0.3) is 0 Å². The topological polar surface area (TPSA) is 128 Å². The summed E-state index contributed by atoms with van der Waals surface area (Å²) in [4.78, 5) is 26.0. The summed E-state index contributed by atoms with van der Waals surface area (Å²) in [6, 6.07) is 3.75. The third-order valence-corrected chi connectivity index (χ3v) is 6.98. The van der Waals surface area contributed by atoms with E-state index >= 15 is 0 Å². The van der Waals surface area contributed by atoms with Crippen molar-refractivity contribution in [1.82, 2.24) is 0 Å². The van der Waals surface area contributed by atoms with E-state index in [1.165, 1.54) is 11.3 Å². The molecule has 12 heteroatoms. The van der Waals surface area contributed by atoms with Crippen molar-refractivity contribution in [2.45, 2.75) is 97.0 Å². The van der Waals surface area contributed by atoms with E-state index in [9.17, 15) is 22.6 Å². The first-order valence-electron chi connectivity index (χ1n) is 12.8. The number of thiophene rings is 1. The number of hydrogen-bond acceptors (Lipinski definition) is 10. The Balaban J connectivity index is 0.0000130. The smallest absolute Gasteiger partial charge is 0.726 e. The molecule has 0 aliphatic rings. The fourth-order valence-electron chi connectivity index (χ4n) is 3.31. The molecule has 0 amide bonds. The summed E-state index contributed by atoms with van der Waals surface area (Å²) >= 11 is 1.47. The summed E-state index contributed by atoms with van der Waals surface area (Å²) in [5, 5.41) is 0. The van der Waals surface area contributed by atoms with Gasteiger partial charge in [-0.2, -0.15) is 0 Å². The van der Waals surface area contributed by atoms with Crippen molar-refractivity contribution in [2.75, 3.05) is 26.4 Å². The molecule has 1 aromatic heterocycles. The van der Waals surface area contributed by atoms with Crippen LogP contribution in [0.25, 0.3) is 0 Å². The van der Waals surface area contributed by atoms with Crippen molar-refractivity contribution in [2.24, 2.45) is 0 Å². The molecule has 0 N–H and O–H groups in total. The zero-order chi connectivity index (χ0) is 26.7. The molecule has 0 aliphatic heterocycles. The van der Waals surface area contributed by atoms with E-state index in [4.69, 9.17) is 14.2 Å². The van der Waals surface area contributed by atoms with Gasteiger partial charge in [0.1, 0.15) is 19.3 Å². The van der Waals surface area contributed by atoms with Crippen molar-refractivity contribution in [3.63, 3.8) is 0 Å². The van der Waals surface area contributed by atoms with Crippen LogP contribution < -0.4 is 29.6 Å². The molecule has 0 bridgehead atoms. The molecule has 9 nitrogen and oxygen atoms in total. The Labute approximate surface area is 248 Å². The van der Waals surface area contributed by atoms with Crippen LogP contribution in [-0.4, -0.2) is 57.4 Å². The molecule has 0 aromatic carbocycles. The molecule has 0 fully saturated rings. The maximum atomic E-state index is 12.0. The van der Waals surface area contributed by atoms with Gasteiger partial charge in [-0.15, -0.1) is 11.3 Å². The van der Waals surface area contributed by atoms with Crippen LogP contribution in [0.4, 0.5) is 0 Å². The zero-order valence-corrected chi connectivity index (χ0v) is 26.2. The minimum Gasteiger partial charge on any atom is -0.726 e. The molecular weight excluding hydrogens is 531 g/mol. The fourth-order valence-corrected chi connectivity index (χ4v) is 4.58. The molecule has 0 saturated heterocycles. The molecule has 1 rings (SSSR count). The molecule has 0 saturated carbocycles. The van der Waals surface area contributed by atoms with Crippen molar-refractivity contribution >= 4 is 33.7 Å². The fraction of sp³-hybridized carbons (Fsp3) is 0.760. The van der Waals surface area contributed by atoms with Crippen LogP contribution in [0.3, 0.4) is 0 Å². The second-order valence-electron chi connectivity index (χ2n) is 8.58. The average Bonchev–Trinajstić information content (AvgIpc) is 3.27. The van der Waals surface area contributed by atoms with Gasteiger partial charge in [0.2, 0.25) is 10.4 Å². The second kappa shape index (κ2) is 22.3. The van der Waals surface area contributed by atoms with Gasteiger partial charge in [-0.1, -0.05) is 52.4 Å². The Morgan fingerprint density at radius 1 is 0.838 bits per heavy atom. The Kier molecular flexibility index (Phi) is 22.0. The second-order valence-corrected chi connectivity index (χ2v) is 10.9. The van der Waals surface area contributed by atoms with Gasteiger partial charge in [-0.05, 0) is 25.0 Å². The number of ether oxygens (including phenoxy) is 3. The molecular formula is C25H41NaO9S2. The molecule has 0 atom stereocenters. The van der Waals surface area contributed by atoms with Crippen LogP contribution >= 0.6 is 11.3 Å². The SMILES string of the molecule is CCCCCCC(=O)OCC(COC(=O)CCCCCC)OCCc1ccc(CCOS(=O)(=O)[O-])s1.[Na+]. The van der Waals surface area contributed by atoms with Crippen LogP contribution in [0.2, 0.25) is 0 Å². The standard InChI is InChI=1S/C25H42O9S2.Na/c1-3-5-7-9-11-24(26)32-19-21(20-33-25(27)12-10-8-6-4-2)31-17-15-22-13-14-23(35-22)16-18-34-36(28,29)30;/h13-14,21H,3-12,15-20H2,1-2H3,(H,28,29,30);/q;+1/p-1. The number of rotatable bonds is 22. The van der Waals surface area contributed by atoms with Crippen LogP contribution in [-0.2, 0) is 51.2 Å². The maximum absolute atomic E-state index is 12.0. The van der Waals surface area contributed by atoms with E-state index in [2.05, 4.69) is 18.0 Å². The van der Waals surface area contributed by atoms with E-state index in [0.29, 0.717) is 32.3 Å². The Hall–Kier alpha value is -0.530. The predicted molar refractivity (Wildman–Crippen MR) is 137 cm³/mol. The number of hydrogen-bond donors (Lipinski definition) is 0. The number of unbranched alkanes of at least 4 members (excludes halogenated alkanes) is 6. The maximum Gasteiger partial charge on any atom is 1.00 e. The van der Waals surface area contributed by atoms with Crippen LogP contribution in [0, 0.1) is 0 Å². The van der Waals surface area contributed by atoms with E-state index in [1.54, 1.807) is 0 Å². The van der Waals surface area contributed by atoms with E-state index in [0.717, 1.165) is 61.1 Å². The van der Waals surface area contributed by atoms with Gasteiger partial charge in [0.05, 0.1) is 13.2 Å². The molecule has 0 spiro atoms. The Bertz CT molecular complexity index is 815. The predicted octanol–water partition coefficient (Wildman–Crippen LogP) is 1.73. The summed E-state index contributed by atoms with van der Waals surface area (Å²) in [7, 11) is -4.69. The van der Waals surface area contributed by atoms with Crippen LogP contribution in [0.15, 0.2) is 12.1 Å². The Morgan fingerprint density at radius 3 is 1.78 bits per heavy atom. The van der Waals surface area contributed by atoms with Crippen LogP contribution in [0.1, 0.15) is 87.8 Å². The van der Waals surface area contributed by atoms with Gasteiger partial charge < -0.3 is 18.8 Å². The summed E-state index contributed by atoms with van der Waals surface area (Å²) in [6.07, 6.45) is 8.98. The van der Waals surface area contributed by atoms with E-state index in [-0.39, 0.29) is 61.3 Å². The first-order valence-corrected chi connectivity index (χ1v) is 15.0. The Morgan fingerprint density at radius 2 is 1.32 bits per heavy atom. The third-order valence-electron chi connectivity index (χ3n) is 5.32. The zero-order valence-electron chi connectivity index (χ0n) is 22.5. The quantitative estimate of drug-likeness (QED) is 0.0671. The van der Waals surface area contributed by atoms with Gasteiger partial charge in [-0.3, -0.25) is 13.8 Å². The minimum atomic E-state index is -4.69. The van der Waals surface area contributed by atoms with Crippen molar-refractivity contribution in [1.29, 1.82) is 0 Å². The van der Waals surface area contributed by atoms with Crippen molar-refractivity contribution < 1.29 is 70.5 Å². The third kappa shape index (κ3) is 21.0. The molecule has 0 radical (unpaired) electrons. The van der Waals surface area contributed by atoms with Gasteiger partial charge in [0.15, 0.2) is 0 Å². The molecule has 1 aromatic rings. The molecule has 1 heterocycles. The number of esters is 2.